The molecule has 0 radical (unpaired) electrons. The van der Waals surface area contributed by atoms with Gasteiger partial charge in [0.2, 0.25) is 0 Å². The summed E-state index contributed by atoms with van der Waals surface area (Å²) in [6.07, 6.45) is 9.65. The Kier molecular flexibility index (Phi) is 2.89. The number of aliphatic imine (C=N–C) groups is 1. The van der Waals surface area contributed by atoms with E-state index in [4.69, 9.17) is 4.99 Å². The molecule has 2 heteroatoms. The maximum absolute atomic E-state index is 4.84. The smallest absolute Gasteiger partial charge is 0.0672 e. The summed E-state index contributed by atoms with van der Waals surface area (Å²) in [5.41, 5.74) is 6.81. The molecule has 1 atom stereocenters. The van der Waals surface area contributed by atoms with Gasteiger partial charge in [-0.05, 0) is 35.6 Å². The molecule has 1 aromatic rings. The first-order valence-electron chi connectivity index (χ1n) is 7.37. The Morgan fingerprint density at radius 2 is 2.10 bits per heavy atom. The zero-order chi connectivity index (χ0) is 13.4. The third-order valence-electron chi connectivity index (χ3n) is 4.30. The molecule has 3 aliphatic rings. The van der Waals surface area contributed by atoms with E-state index in [2.05, 4.69) is 53.9 Å². The number of benzene rings is 1. The largest absolute Gasteiger partial charge is 0.309 e. The lowest BCUT2D eigenvalue weighted by Gasteiger charge is -2.27. The highest BCUT2D eigenvalue weighted by Gasteiger charge is 2.32. The molecule has 4 rings (SSSR count). The molecule has 0 bridgehead atoms. The second kappa shape index (κ2) is 4.88. The molecule has 1 fully saturated rings. The van der Waals surface area contributed by atoms with Crippen LogP contribution in [0.4, 0.5) is 0 Å². The van der Waals surface area contributed by atoms with Gasteiger partial charge >= 0.3 is 0 Å². The minimum absolute atomic E-state index is 0.414. The molecule has 0 aromatic heterocycles. The molecule has 2 aliphatic heterocycles. The van der Waals surface area contributed by atoms with E-state index in [0.717, 1.165) is 25.8 Å². The van der Waals surface area contributed by atoms with Gasteiger partial charge in [-0.3, -0.25) is 4.99 Å². The van der Waals surface area contributed by atoms with Crippen LogP contribution in [0.5, 0.6) is 0 Å². The van der Waals surface area contributed by atoms with Crippen LogP contribution in [0, 0.1) is 0 Å². The molecule has 1 N–H and O–H groups in total. The summed E-state index contributed by atoms with van der Waals surface area (Å²) in [5.74, 6) is 0. The predicted octanol–water partition coefficient (Wildman–Crippen LogP) is 3.19. The first-order chi connectivity index (χ1) is 9.92. The summed E-state index contributed by atoms with van der Waals surface area (Å²) in [4.78, 5) is 4.84. The van der Waals surface area contributed by atoms with Crippen LogP contribution in [0.1, 0.15) is 18.4 Å². The van der Waals surface area contributed by atoms with Crippen LogP contribution in [0.25, 0.3) is 0 Å². The quantitative estimate of drug-likeness (QED) is 0.869. The molecule has 0 spiro atoms. The average molecular weight is 262 g/mol. The van der Waals surface area contributed by atoms with Gasteiger partial charge in [0.05, 0.1) is 5.70 Å². The molecule has 0 saturated carbocycles. The van der Waals surface area contributed by atoms with Crippen LogP contribution < -0.4 is 5.32 Å². The summed E-state index contributed by atoms with van der Waals surface area (Å²) in [5, 5.41) is 3.68. The number of allylic oxidation sites excluding steroid dienone is 4. The van der Waals surface area contributed by atoms with Gasteiger partial charge < -0.3 is 5.32 Å². The number of nitrogens with zero attached hydrogens (tertiary/aromatic N) is 1. The van der Waals surface area contributed by atoms with Crippen molar-refractivity contribution in [1.29, 1.82) is 0 Å². The first kappa shape index (κ1) is 11.9. The van der Waals surface area contributed by atoms with Gasteiger partial charge in [-0.25, -0.2) is 0 Å². The Balaban J connectivity index is 1.69. The van der Waals surface area contributed by atoms with Crippen molar-refractivity contribution in [2.45, 2.75) is 25.3 Å². The second-order valence-electron chi connectivity index (χ2n) is 5.58. The lowest BCUT2D eigenvalue weighted by atomic mass is 9.86. The van der Waals surface area contributed by atoms with E-state index in [1.54, 1.807) is 0 Å². The monoisotopic (exact) mass is 262 g/mol. The lowest BCUT2D eigenvalue weighted by Crippen LogP contribution is -2.41. The Hall–Kier alpha value is -1.93. The maximum atomic E-state index is 4.84. The Bertz CT molecular complexity index is 647. The van der Waals surface area contributed by atoms with Gasteiger partial charge in [0.25, 0.3) is 0 Å². The Labute approximate surface area is 119 Å². The van der Waals surface area contributed by atoms with Crippen LogP contribution >= 0.6 is 0 Å². The summed E-state index contributed by atoms with van der Waals surface area (Å²) in [7, 11) is 0. The first-order valence-corrected chi connectivity index (χ1v) is 7.37. The highest BCUT2D eigenvalue weighted by molar-refractivity contribution is 6.07. The van der Waals surface area contributed by atoms with Crippen molar-refractivity contribution in [1.82, 2.24) is 5.32 Å². The molecule has 1 saturated heterocycles. The lowest BCUT2D eigenvalue weighted by molar-refractivity contribution is 0.565. The van der Waals surface area contributed by atoms with Gasteiger partial charge in [0, 0.05) is 24.7 Å². The van der Waals surface area contributed by atoms with E-state index >= 15 is 0 Å². The molecule has 20 heavy (non-hydrogen) atoms. The van der Waals surface area contributed by atoms with E-state index in [1.807, 2.05) is 0 Å². The van der Waals surface area contributed by atoms with Gasteiger partial charge in [-0.1, -0.05) is 42.5 Å². The summed E-state index contributed by atoms with van der Waals surface area (Å²) in [6, 6.07) is 11.2. The third kappa shape index (κ3) is 1.97. The van der Waals surface area contributed by atoms with Gasteiger partial charge in [0.15, 0.2) is 0 Å². The van der Waals surface area contributed by atoms with Crippen molar-refractivity contribution >= 4 is 5.71 Å². The number of nitrogens with one attached hydrogen (secondary N) is 1. The van der Waals surface area contributed by atoms with Crippen molar-refractivity contribution in [2.24, 2.45) is 4.99 Å². The van der Waals surface area contributed by atoms with Crippen molar-refractivity contribution in [3.63, 3.8) is 0 Å². The summed E-state index contributed by atoms with van der Waals surface area (Å²) in [6.45, 7) is 1.04. The summed E-state index contributed by atoms with van der Waals surface area (Å²) < 4.78 is 0. The number of hydrogen-bond acceptors (Lipinski definition) is 2. The van der Waals surface area contributed by atoms with Crippen molar-refractivity contribution < 1.29 is 0 Å². The van der Waals surface area contributed by atoms with Crippen molar-refractivity contribution in [3.8, 4) is 0 Å². The van der Waals surface area contributed by atoms with Crippen LogP contribution in [0.2, 0.25) is 0 Å². The molecular weight excluding hydrogens is 244 g/mol. The van der Waals surface area contributed by atoms with E-state index < -0.39 is 0 Å². The van der Waals surface area contributed by atoms with Crippen LogP contribution in [0.15, 0.2) is 70.4 Å². The molecule has 100 valence electrons. The SMILES string of the molecule is C1=CCC2=C3C(=NC2=C1)CCN[C@@H]3Cc1ccccc1. The van der Waals surface area contributed by atoms with E-state index in [1.165, 1.54) is 28.1 Å². The number of piperidine rings is 1. The van der Waals surface area contributed by atoms with Gasteiger partial charge in [-0.2, -0.15) is 0 Å². The average Bonchev–Trinajstić information content (AvgIpc) is 2.88. The number of fused-ring (bicyclic) bond motifs is 2. The fourth-order valence-corrected chi connectivity index (χ4v) is 3.38. The summed E-state index contributed by atoms with van der Waals surface area (Å²) >= 11 is 0. The molecule has 0 unspecified atom stereocenters. The molecule has 1 aromatic carbocycles. The Morgan fingerprint density at radius 1 is 1.20 bits per heavy atom. The van der Waals surface area contributed by atoms with Crippen molar-refractivity contribution in [2.75, 3.05) is 6.54 Å². The van der Waals surface area contributed by atoms with E-state index in [0.29, 0.717) is 6.04 Å². The van der Waals surface area contributed by atoms with Crippen LogP contribution in [-0.4, -0.2) is 18.3 Å². The normalized spacial score (nSPS) is 24.1. The molecule has 1 aliphatic carbocycles. The second-order valence-corrected chi connectivity index (χ2v) is 5.58. The molecule has 2 heterocycles. The highest BCUT2D eigenvalue weighted by atomic mass is 15.0. The third-order valence-corrected chi connectivity index (χ3v) is 4.30. The number of rotatable bonds is 2. The maximum Gasteiger partial charge on any atom is 0.0672 e. The number of hydrogen-bond donors (Lipinski definition) is 1. The van der Waals surface area contributed by atoms with Crippen molar-refractivity contribution in [3.05, 3.63) is 71.0 Å². The fraction of sp³-hybridized carbons (Fsp3) is 0.278. The zero-order valence-electron chi connectivity index (χ0n) is 11.5. The van der Waals surface area contributed by atoms with Crippen LogP contribution in [0.3, 0.4) is 0 Å². The highest BCUT2D eigenvalue weighted by Crippen LogP contribution is 2.35. The van der Waals surface area contributed by atoms with Crippen LogP contribution in [-0.2, 0) is 6.42 Å². The fourth-order valence-electron chi connectivity index (χ4n) is 3.38. The molecule has 0 amide bonds. The molecular formula is C18H18N2. The van der Waals surface area contributed by atoms with E-state index in [9.17, 15) is 0 Å². The minimum Gasteiger partial charge on any atom is -0.309 e. The van der Waals surface area contributed by atoms with Gasteiger partial charge in [0.1, 0.15) is 0 Å². The minimum atomic E-state index is 0.414. The Morgan fingerprint density at radius 3 is 3.00 bits per heavy atom. The zero-order valence-corrected chi connectivity index (χ0v) is 11.5. The predicted molar refractivity (Wildman–Crippen MR) is 82.9 cm³/mol. The molecule has 2 nitrogen and oxygen atoms in total. The van der Waals surface area contributed by atoms with E-state index in [-0.39, 0.29) is 0 Å². The standard InChI is InChI=1S/C18H18N2/c1-2-6-13(7-3-1)12-17-18-14-8-4-5-9-15(14)20-16(18)10-11-19-17/h1-7,9,17,19H,8,10-12H2/t17-/m1/s1. The topological polar surface area (TPSA) is 24.4 Å². The van der Waals surface area contributed by atoms with Gasteiger partial charge in [-0.15, -0.1) is 0 Å².